The molecular weight excluding hydrogens is 441 g/mol. The molecule has 2 atom stereocenters. The third-order valence-corrected chi connectivity index (χ3v) is 7.44. The molecule has 0 spiro atoms. The molecule has 0 saturated heterocycles. The van der Waals surface area contributed by atoms with Gasteiger partial charge < -0.3 is 0 Å². The molecular formula is C18H30AsN5O5. The molecule has 0 fully saturated rings. The number of anilines is 1. The van der Waals surface area contributed by atoms with E-state index in [1.54, 1.807) is 0 Å². The second kappa shape index (κ2) is 13.4. The van der Waals surface area contributed by atoms with Gasteiger partial charge in [0.05, 0.1) is 0 Å². The zero-order valence-corrected chi connectivity index (χ0v) is 19.0. The molecule has 0 saturated carbocycles. The molecule has 3 N–H and O–H groups in total. The molecule has 1 aromatic carbocycles. The topological polar surface area (TPSA) is 146 Å². The molecule has 1 aromatic rings. The number of unbranched alkanes of at least 4 members (excludes halogenated alkanes) is 4. The molecule has 0 bridgehead atoms. The van der Waals surface area contributed by atoms with Gasteiger partial charge in [-0.05, 0) is 0 Å². The number of hydrogen-bond donors (Lipinski definition) is 3. The first-order chi connectivity index (χ1) is 13.9. The van der Waals surface area contributed by atoms with E-state index in [1.165, 1.54) is 44.4 Å². The maximum absolute atomic E-state index is 13.0. The van der Waals surface area contributed by atoms with Crippen molar-refractivity contribution in [3.05, 3.63) is 28.6 Å². The molecule has 0 aromatic heterocycles. The summed E-state index contributed by atoms with van der Waals surface area (Å²) in [6.45, 7) is 5.42. The van der Waals surface area contributed by atoms with Crippen molar-refractivity contribution in [2.24, 2.45) is 5.11 Å². The van der Waals surface area contributed by atoms with E-state index >= 15 is 0 Å². The van der Waals surface area contributed by atoms with Crippen LogP contribution in [0.2, 0.25) is 0 Å². The summed E-state index contributed by atoms with van der Waals surface area (Å²) in [5, 5.41) is 15.2. The second-order valence-electron chi connectivity index (χ2n) is 6.67. The SMILES string of the molecule is CCCCCCCC(CC)NO[As](=O)(OO)c1ccc(N=[N+]=[N-])c(NC(C)=O)c1. The van der Waals surface area contributed by atoms with Crippen LogP contribution in [0.4, 0.5) is 11.4 Å². The van der Waals surface area contributed by atoms with Crippen molar-refractivity contribution < 1.29 is 21.5 Å². The van der Waals surface area contributed by atoms with Crippen molar-refractivity contribution in [2.75, 3.05) is 5.32 Å². The number of hydrogen-bond acceptors (Lipinski definition) is 7. The van der Waals surface area contributed by atoms with Gasteiger partial charge in [-0.25, -0.2) is 0 Å². The minimum atomic E-state index is -4.86. The normalized spacial score (nSPS) is 13.9. The summed E-state index contributed by atoms with van der Waals surface area (Å²) in [6, 6.07) is 3.98. The molecule has 1 amide bonds. The molecule has 162 valence electrons. The minimum absolute atomic E-state index is 0.0428. The first-order valence-corrected chi connectivity index (χ1v) is 13.0. The Morgan fingerprint density at radius 3 is 2.62 bits per heavy atom. The average Bonchev–Trinajstić information content (AvgIpc) is 2.70. The Labute approximate surface area is 173 Å². The summed E-state index contributed by atoms with van der Waals surface area (Å²) in [6.07, 6.45) is 7.29. The predicted octanol–water partition coefficient (Wildman–Crippen LogP) is 4.31. The van der Waals surface area contributed by atoms with E-state index in [0.717, 1.165) is 25.7 Å². The molecule has 29 heavy (non-hydrogen) atoms. The summed E-state index contributed by atoms with van der Waals surface area (Å²) >= 11 is -4.86. The Balaban J connectivity index is 2.88. The number of benzene rings is 1. The van der Waals surface area contributed by atoms with Gasteiger partial charge in [-0.3, -0.25) is 0 Å². The van der Waals surface area contributed by atoms with E-state index in [0.29, 0.717) is 0 Å². The van der Waals surface area contributed by atoms with E-state index in [4.69, 9.17) is 9.36 Å². The summed E-state index contributed by atoms with van der Waals surface area (Å²) in [5.74, 6) is -0.406. The summed E-state index contributed by atoms with van der Waals surface area (Å²) in [4.78, 5) is 14.1. The number of hydroxylamine groups is 1. The third kappa shape index (κ3) is 8.62. The van der Waals surface area contributed by atoms with Gasteiger partial charge in [0.1, 0.15) is 0 Å². The zero-order valence-electron chi connectivity index (χ0n) is 17.1. The van der Waals surface area contributed by atoms with Crippen LogP contribution >= 0.6 is 0 Å². The molecule has 10 nitrogen and oxygen atoms in total. The number of nitrogens with one attached hydrogen (secondary N) is 2. The quantitative estimate of drug-likeness (QED) is 0.0701. The summed E-state index contributed by atoms with van der Waals surface area (Å²) in [5.41, 5.74) is 11.7. The van der Waals surface area contributed by atoms with Crippen LogP contribution in [0.1, 0.15) is 65.7 Å². The molecule has 0 aliphatic rings. The fraction of sp³-hybridized carbons (Fsp3) is 0.611. The van der Waals surface area contributed by atoms with Gasteiger partial charge in [0.15, 0.2) is 0 Å². The van der Waals surface area contributed by atoms with Crippen LogP contribution in [0, 0.1) is 0 Å². The molecule has 1 rings (SSSR count). The van der Waals surface area contributed by atoms with Gasteiger partial charge in [-0.15, -0.1) is 0 Å². The van der Waals surface area contributed by atoms with Crippen molar-refractivity contribution in [1.29, 1.82) is 0 Å². The fourth-order valence-electron chi connectivity index (χ4n) is 2.72. The number of rotatable bonds is 14. The van der Waals surface area contributed by atoms with Crippen LogP contribution in [-0.2, 0) is 16.2 Å². The van der Waals surface area contributed by atoms with Gasteiger partial charge in [-0.1, -0.05) is 0 Å². The molecule has 0 heterocycles. The van der Waals surface area contributed by atoms with Crippen molar-refractivity contribution in [3.8, 4) is 0 Å². The van der Waals surface area contributed by atoms with Crippen LogP contribution in [0.5, 0.6) is 0 Å². The van der Waals surface area contributed by atoms with Crippen LogP contribution in [0.3, 0.4) is 0 Å². The van der Waals surface area contributed by atoms with E-state index in [9.17, 15) is 13.8 Å². The molecule has 11 heteroatoms. The van der Waals surface area contributed by atoms with Crippen molar-refractivity contribution in [2.45, 2.75) is 71.8 Å². The molecule has 0 aliphatic carbocycles. The molecule has 0 radical (unpaired) electrons. The number of amides is 1. The number of azide groups is 1. The average molecular weight is 471 g/mol. The van der Waals surface area contributed by atoms with Crippen LogP contribution in [0.15, 0.2) is 23.3 Å². The van der Waals surface area contributed by atoms with Gasteiger partial charge in [0, 0.05) is 0 Å². The fourth-order valence-corrected chi connectivity index (χ4v) is 4.96. The van der Waals surface area contributed by atoms with Gasteiger partial charge in [0.2, 0.25) is 0 Å². The van der Waals surface area contributed by atoms with Gasteiger partial charge in [0.25, 0.3) is 0 Å². The van der Waals surface area contributed by atoms with E-state index < -0.39 is 20.1 Å². The van der Waals surface area contributed by atoms with Gasteiger partial charge in [-0.2, -0.15) is 0 Å². The maximum atomic E-state index is 13.0. The number of carbonyl (C=O) groups is 1. The van der Waals surface area contributed by atoms with Crippen LogP contribution in [-0.4, -0.2) is 31.4 Å². The van der Waals surface area contributed by atoms with Crippen molar-refractivity contribution in [1.82, 2.24) is 5.48 Å². The summed E-state index contributed by atoms with van der Waals surface area (Å²) in [7, 11) is 0. The predicted molar refractivity (Wildman–Crippen MR) is 111 cm³/mol. The van der Waals surface area contributed by atoms with E-state index in [1.807, 2.05) is 6.92 Å². The number of carbonyl (C=O) groups excluding carboxylic acids is 1. The first-order valence-electron chi connectivity index (χ1n) is 9.74. The Morgan fingerprint density at radius 1 is 1.31 bits per heavy atom. The monoisotopic (exact) mass is 471 g/mol. The number of nitrogens with zero attached hydrogens (tertiary/aromatic N) is 3. The summed E-state index contributed by atoms with van der Waals surface area (Å²) < 4.78 is 22.7. The zero-order chi connectivity index (χ0) is 21.7. The Kier molecular flexibility index (Phi) is 11.7. The first kappa shape index (κ1) is 25.2. The Morgan fingerprint density at radius 2 is 2.03 bits per heavy atom. The van der Waals surface area contributed by atoms with Crippen molar-refractivity contribution in [3.63, 3.8) is 0 Å². The van der Waals surface area contributed by atoms with Gasteiger partial charge >= 0.3 is 174 Å². The van der Waals surface area contributed by atoms with E-state index in [2.05, 4.69) is 31.6 Å². The molecule has 2 unspecified atom stereocenters. The van der Waals surface area contributed by atoms with E-state index in [-0.39, 0.29) is 21.8 Å². The Hall–Kier alpha value is -1.80. The van der Waals surface area contributed by atoms with Crippen LogP contribution in [0.25, 0.3) is 10.4 Å². The van der Waals surface area contributed by atoms with Crippen molar-refractivity contribution >= 4 is 35.8 Å². The standard InChI is InChI=1S/C18H30AsN5O5/c1-4-6-7-8-9-10-16(5-2)23-28-19(26,29-27)15-11-12-17(22-24-20)18(13-15)21-14(3)25/h11-13,16,23,27H,4-10H2,1-3H3,(H,21,25). The molecule has 0 aliphatic heterocycles. The van der Waals surface area contributed by atoms with Crippen LogP contribution < -0.4 is 15.1 Å². The second-order valence-corrected chi connectivity index (χ2v) is 10.6. The third-order valence-electron chi connectivity index (χ3n) is 4.36. The Bertz CT molecular complexity index is 754.